The Hall–Kier alpha value is -2.06. The topological polar surface area (TPSA) is 75.4 Å². The number of aromatic nitrogens is 2. The van der Waals surface area contributed by atoms with Crippen molar-refractivity contribution in [2.45, 2.75) is 52.8 Å². The lowest BCUT2D eigenvalue weighted by Gasteiger charge is -2.24. The van der Waals surface area contributed by atoms with Crippen molar-refractivity contribution in [2.75, 3.05) is 13.1 Å². The quantitative estimate of drug-likeness (QED) is 0.821. The molecule has 1 atom stereocenters. The van der Waals surface area contributed by atoms with E-state index in [0.29, 0.717) is 17.7 Å². The van der Waals surface area contributed by atoms with Crippen molar-refractivity contribution in [3.05, 3.63) is 17.0 Å². The summed E-state index contributed by atoms with van der Waals surface area (Å²) in [5.41, 5.74) is 1.01. The first-order chi connectivity index (χ1) is 11.0. The number of hydrogen-bond acceptors (Lipinski definition) is 3. The number of aliphatic carboxylic acids is 1. The molecule has 0 fully saturated rings. The van der Waals surface area contributed by atoms with Crippen molar-refractivity contribution in [3.8, 4) is 0 Å². The summed E-state index contributed by atoms with van der Waals surface area (Å²) in [7, 11) is 0. The third-order valence-electron chi connectivity index (χ3n) is 3.70. The van der Waals surface area contributed by atoms with Crippen LogP contribution < -0.4 is 0 Å². The number of alkyl halides is 3. The fourth-order valence-electron chi connectivity index (χ4n) is 2.76. The normalized spacial score (nSPS) is 13.0. The van der Waals surface area contributed by atoms with Crippen LogP contribution in [0.1, 0.15) is 43.1 Å². The second-order valence-electron chi connectivity index (χ2n) is 5.73. The van der Waals surface area contributed by atoms with E-state index in [1.165, 1.54) is 11.8 Å². The van der Waals surface area contributed by atoms with Gasteiger partial charge in [-0.05, 0) is 27.2 Å². The molecule has 9 heteroatoms. The molecular weight excluding hydrogens is 327 g/mol. The molecule has 0 aromatic carbocycles. The van der Waals surface area contributed by atoms with Gasteiger partial charge in [-0.3, -0.25) is 14.3 Å². The number of aryl methyl sites for hydroxylation is 1. The van der Waals surface area contributed by atoms with Crippen LogP contribution in [0.4, 0.5) is 13.2 Å². The number of carbonyl (C=O) groups excluding carboxylic acids is 1. The van der Waals surface area contributed by atoms with Crippen LogP contribution in [0.5, 0.6) is 0 Å². The van der Waals surface area contributed by atoms with Gasteiger partial charge in [0.1, 0.15) is 13.1 Å². The smallest absolute Gasteiger partial charge is 0.408 e. The van der Waals surface area contributed by atoms with Gasteiger partial charge < -0.3 is 10.0 Å². The lowest BCUT2D eigenvalue weighted by molar-refractivity contribution is -0.145. The van der Waals surface area contributed by atoms with Crippen molar-refractivity contribution in [2.24, 2.45) is 0 Å². The number of carbonyl (C=O) groups is 2. The summed E-state index contributed by atoms with van der Waals surface area (Å²) in [5.74, 6) is -2.33. The number of carboxylic acid groups (broad SMARTS) is 1. The van der Waals surface area contributed by atoms with E-state index in [9.17, 15) is 22.8 Å². The number of hydrogen-bond donors (Lipinski definition) is 1. The van der Waals surface area contributed by atoms with E-state index in [4.69, 9.17) is 5.11 Å². The standard InChI is InChI=1S/C15H22F3N3O3/c1-5-6-20(7-12(22)23)14(24)9(2)13-10(3)19-21(11(13)4)8-15(16,17)18/h9H,5-8H2,1-4H3,(H,22,23). The maximum atomic E-state index is 12.6. The van der Waals surface area contributed by atoms with Crippen molar-refractivity contribution in [3.63, 3.8) is 0 Å². The zero-order valence-corrected chi connectivity index (χ0v) is 14.1. The average molecular weight is 349 g/mol. The maximum absolute atomic E-state index is 12.6. The molecule has 1 aromatic heterocycles. The summed E-state index contributed by atoms with van der Waals surface area (Å²) < 4.78 is 38.6. The number of halogens is 3. The van der Waals surface area contributed by atoms with Gasteiger partial charge in [0, 0.05) is 17.8 Å². The van der Waals surface area contributed by atoms with Gasteiger partial charge in [0.25, 0.3) is 0 Å². The Kier molecular flexibility index (Phi) is 6.39. The van der Waals surface area contributed by atoms with Crippen molar-refractivity contribution in [1.82, 2.24) is 14.7 Å². The van der Waals surface area contributed by atoms with Gasteiger partial charge in [-0.2, -0.15) is 18.3 Å². The van der Waals surface area contributed by atoms with Gasteiger partial charge in [-0.25, -0.2) is 0 Å². The van der Waals surface area contributed by atoms with Crippen molar-refractivity contribution in [1.29, 1.82) is 0 Å². The van der Waals surface area contributed by atoms with E-state index in [-0.39, 0.29) is 12.2 Å². The summed E-state index contributed by atoms with van der Waals surface area (Å²) in [5, 5.41) is 12.8. The number of rotatable bonds is 7. The first kappa shape index (κ1) is 20.0. The molecule has 0 spiro atoms. The minimum Gasteiger partial charge on any atom is -0.480 e. The monoisotopic (exact) mass is 349 g/mol. The summed E-state index contributed by atoms with van der Waals surface area (Å²) in [4.78, 5) is 24.7. The van der Waals surface area contributed by atoms with Gasteiger partial charge in [-0.1, -0.05) is 6.92 Å². The molecule has 6 nitrogen and oxygen atoms in total. The molecular formula is C15H22F3N3O3. The molecule has 1 unspecified atom stereocenters. The Morgan fingerprint density at radius 3 is 2.38 bits per heavy atom. The van der Waals surface area contributed by atoms with E-state index in [1.54, 1.807) is 13.8 Å². The molecule has 0 saturated carbocycles. The Morgan fingerprint density at radius 1 is 1.33 bits per heavy atom. The molecule has 24 heavy (non-hydrogen) atoms. The largest absolute Gasteiger partial charge is 0.480 e. The number of nitrogens with zero attached hydrogens (tertiary/aromatic N) is 3. The number of carboxylic acids is 1. The maximum Gasteiger partial charge on any atom is 0.408 e. The number of amides is 1. The van der Waals surface area contributed by atoms with Crippen LogP contribution in [-0.2, 0) is 16.1 Å². The highest BCUT2D eigenvalue weighted by Gasteiger charge is 2.32. The van der Waals surface area contributed by atoms with Crippen LogP contribution >= 0.6 is 0 Å². The highest BCUT2D eigenvalue weighted by molar-refractivity contribution is 5.86. The third kappa shape index (κ3) is 4.97. The van der Waals surface area contributed by atoms with Crippen LogP contribution in [-0.4, -0.2) is 50.9 Å². The highest BCUT2D eigenvalue weighted by atomic mass is 19.4. The second kappa shape index (κ2) is 7.67. The van der Waals surface area contributed by atoms with Gasteiger partial charge in [-0.15, -0.1) is 0 Å². The zero-order valence-electron chi connectivity index (χ0n) is 14.1. The zero-order chi connectivity index (χ0) is 18.7. The van der Waals surface area contributed by atoms with Crippen LogP contribution in [0.3, 0.4) is 0 Å². The van der Waals surface area contributed by atoms with Crippen LogP contribution in [0.2, 0.25) is 0 Å². The predicted octanol–water partition coefficient (Wildman–Crippen LogP) is 2.49. The molecule has 0 aliphatic carbocycles. The first-order valence-corrected chi connectivity index (χ1v) is 7.59. The van der Waals surface area contributed by atoms with E-state index in [0.717, 1.165) is 4.68 Å². The molecule has 1 rings (SSSR count). The van der Waals surface area contributed by atoms with Crippen molar-refractivity contribution < 1.29 is 27.9 Å². The third-order valence-corrected chi connectivity index (χ3v) is 3.70. The molecule has 1 aromatic rings. The van der Waals surface area contributed by atoms with Crippen LogP contribution in [0.15, 0.2) is 0 Å². The molecule has 1 heterocycles. The Balaban J connectivity index is 3.11. The second-order valence-corrected chi connectivity index (χ2v) is 5.73. The summed E-state index contributed by atoms with van der Waals surface area (Å²) >= 11 is 0. The molecule has 0 aliphatic rings. The van der Waals surface area contributed by atoms with Crippen LogP contribution in [0, 0.1) is 13.8 Å². The van der Waals surface area contributed by atoms with E-state index in [2.05, 4.69) is 5.10 Å². The highest BCUT2D eigenvalue weighted by Crippen LogP contribution is 2.27. The first-order valence-electron chi connectivity index (χ1n) is 7.59. The summed E-state index contributed by atoms with van der Waals surface area (Å²) in [6.07, 6.45) is -3.83. The minimum atomic E-state index is -4.41. The lowest BCUT2D eigenvalue weighted by atomic mass is 9.97. The molecule has 1 N–H and O–H groups in total. The molecule has 0 saturated heterocycles. The molecule has 0 radical (unpaired) electrons. The fourth-order valence-corrected chi connectivity index (χ4v) is 2.76. The molecule has 0 aliphatic heterocycles. The SMILES string of the molecule is CCCN(CC(=O)O)C(=O)C(C)c1c(C)nn(CC(F)(F)F)c1C. The molecule has 0 bridgehead atoms. The summed E-state index contributed by atoms with van der Waals surface area (Å²) in [6, 6.07) is 0. The lowest BCUT2D eigenvalue weighted by Crippen LogP contribution is -2.39. The van der Waals surface area contributed by atoms with Crippen molar-refractivity contribution >= 4 is 11.9 Å². The van der Waals surface area contributed by atoms with Crippen LogP contribution in [0.25, 0.3) is 0 Å². The van der Waals surface area contributed by atoms with E-state index >= 15 is 0 Å². The Bertz CT molecular complexity index is 611. The van der Waals surface area contributed by atoms with E-state index in [1.807, 2.05) is 6.92 Å². The fraction of sp³-hybridized carbons (Fsp3) is 0.667. The minimum absolute atomic E-state index is 0.262. The Morgan fingerprint density at radius 2 is 1.92 bits per heavy atom. The average Bonchev–Trinajstić information content (AvgIpc) is 2.69. The van der Waals surface area contributed by atoms with Gasteiger partial charge >= 0.3 is 12.1 Å². The summed E-state index contributed by atoms with van der Waals surface area (Å²) in [6.45, 7) is 4.99. The molecule has 136 valence electrons. The predicted molar refractivity (Wildman–Crippen MR) is 80.7 cm³/mol. The van der Waals surface area contributed by atoms with E-state index < -0.39 is 37.1 Å². The Labute approximate surface area is 138 Å². The molecule has 1 amide bonds. The van der Waals surface area contributed by atoms with Gasteiger partial charge in [0.2, 0.25) is 5.91 Å². The van der Waals surface area contributed by atoms with Gasteiger partial charge in [0.15, 0.2) is 0 Å². The van der Waals surface area contributed by atoms with Gasteiger partial charge in [0.05, 0.1) is 11.6 Å².